The first-order valence-electron chi connectivity index (χ1n) is 8.40. The van der Waals surface area contributed by atoms with Crippen LogP contribution in [0, 0.1) is 11.8 Å². The van der Waals surface area contributed by atoms with Crippen molar-refractivity contribution >= 4 is 21.1 Å². The third kappa shape index (κ3) is 2.80. The maximum atomic E-state index is 12.8. The summed E-state index contributed by atoms with van der Waals surface area (Å²) in [7, 11) is -0.268. The van der Waals surface area contributed by atoms with Gasteiger partial charge in [-0.1, -0.05) is 26.7 Å². The van der Waals surface area contributed by atoms with Gasteiger partial charge in [0.05, 0.1) is 15.9 Å². The Morgan fingerprint density at radius 1 is 1.08 bits per heavy atom. The van der Waals surface area contributed by atoms with Gasteiger partial charge in [0, 0.05) is 20.1 Å². The highest BCUT2D eigenvalue weighted by Crippen LogP contribution is 2.30. The van der Waals surface area contributed by atoms with E-state index in [1.807, 2.05) is 0 Å². The Kier molecular flexibility index (Phi) is 4.34. The van der Waals surface area contributed by atoms with Crippen molar-refractivity contribution < 1.29 is 8.42 Å². The van der Waals surface area contributed by atoms with Crippen LogP contribution in [0.5, 0.6) is 0 Å². The zero-order chi connectivity index (χ0) is 17.6. The monoisotopic (exact) mass is 351 g/mol. The molecule has 7 heteroatoms. The Morgan fingerprint density at radius 2 is 1.75 bits per heavy atom. The van der Waals surface area contributed by atoms with Gasteiger partial charge in [0.1, 0.15) is 0 Å². The first-order valence-corrected chi connectivity index (χ1v) is 9.88. The molecule has 3 unspecified atom stereocenters. The Hall–Kier alpha value is -1.60. The van der Waals surface area contributed by atoms with E-state index in [0.29, 0.717) is 17.4 Å². The molecule has 6 nitrogen and oxygen atoms in total. The van der Waals surface area contributed by atoms with E-state index in [1.165, 1.54) is 9.13 Å². The topological polar surface area (TPSA) is 73.1 Å². The van der Waals surface area contributed by atoms with E-state index in [4.69, 9.17) is 0 Å². The molecule has 1 aromatic heterocycles. The van der Waals surface area contributed by atoms with Crippen LogP contribution in [0.25, 0.3) is 11.0 Å². The second-order valence-corrected chi connectivity index (χ2v) is 8.76. The summed E-state index contributed by atoms with van der Waals surface area (Å²) in [5.74, 6) is 0.835. The molecule has 0 bridgehead atoms. The van der Waals surface area contributed by atoms with Crippen LogP contribution in [0.3, 0.4) is 0 Å². The third-order valence-electron chi connectivity index (χ3n) is 5.57. The average Bonchev–Trinajstić information content (AvgIpc) is 2.76. The van der Waals surface area contributed by atoms with Gasteiger partial charge in [-0.2, -0.15) is 0 Å². The summed E-state index contributed by atoms with van der Waals surface area (Å²) >= 11 is 0. The van der Waals surface area contributed by atoms with Crippen molar-refractivity contribution in [1.82, 2.24) is 13.9 Å². The van der Waals surface area contributed by atoms with Crippen molar-refractivity contribution in [3.63, 3.8) is 0 Å². The molecule has 1 aliphatic carbocycles. The van der Waals surface area contributed by atoms with Crippen LogP contribution >= 0.6 is 0 Å². The molecule has 1 aliphatic rings. The first kappa shape index (κ1) is 17.2. The van der Waals surface area contributed by atoms with Crippen LogP contribution in [-0.2, 0) is 24.1 Å². The van der Waals surface area contributed by atoms with E-state index in [9.17, 15) is 13.2 Å². The molecule has 0 radical (unpaired) electrons. The third-order valence-corrected chi connectivity index (χ3v) is 7.05. The Balaban J connectivity index is 1.96. The number of benzene rings is 1. The molecule has 1 saturated carbocycles. The lowest BCUT2D eigenvalue weighted by Crippen LogP contribution is -2.43. The maximum Gasteiger partial charge on any atom is 0.328 e. The van der Waals surface area contributed by atoms with Crippen molar-refractivity contribution in [2.75, 3.05) is 0 Å². The fraction of sp³-hybridized carbons (Fsp3) is 0.588. The van der Waals surface area contributed by atoms with Gasteiger partial charge in [0.25, 0.3) is 0 Å². The maximum absolute atomic E-state index is 12.8. The van der Waals surface area contributed by atoms with Crippen LogP contribution in [0.1, 0.15) is 33.1 Å². The molecule has 0 saturated heterocycles. The van der Waals surface area contributed by atoms with Gasteiger partial charge in [-0.3, -0.25) is 9.13 Å². The van der Waals surface area contributed by atoms with Crippen molar-refractivity contribution in [3.05, 3.63) is 28.7 Å². The summed E-state index contributed by atoms with van der Waals surface area (Å²) in [4.78, 5) is 12.2. The summed E-state index contributed by atoms with van der Waals surface area (Å²) in [5, 5.41) is 0. The van der Waals surface area contributed by atoms with Crippen molar-refractivity contribution in [3.8, 4) is 0 Å². The molecular formula is C17H25N3O3S. The number of hydrogen-bond donors (Lipinski definition) is 1. The number of nitrogens with one attached hydrogen (secondary N) is 1. The minimum Gasteiger partial charge on any atom is -0.295 e. The van der Waals surface area contributed by atoms with Gasteiger partial charge in [0.15, 0.2) is 0 Å². The number of hydrogen-bond acceptors (Lipinski definition) is 3. The normalized spacial score (nSPS) is 25.2. The Bertz CT molecular complexity index is 926. The SMILES string of the molecule is CC1CCCC(NS(=O)(=O)c2ccc3c(c2)n(C)c(=O)n3C)C1C. The summed E-state index contributed by atoms with van der Waals surface area (Å²) in [6, 6.07) is 4.81. The Morgan fingerprint density at radius 3 is 2.46 bits per heavy atom. The molecule has 1 heterocycles. The van der Waals surface area contributed by atoms with Gasteiger partial charge in [0.2, 0.25) is 10.0 Å². The standard InChI is InChI=1S/C17H25N3O3S/c1-11-6-5-7-14(12(11)2)18-24(22,23)13-8-9-15-16(10-13)20(4)17(21)19(15)3/h8-12,14,18H,5-7H2,1-4H3. The molecule has 0 aliphatic heterocycles. The molecular weight excluding hydrogens is 326 g/mol. The van der Waals surface area contributed by atoms with Crippen LogP contribution in [0.15, 0.2) is 27.9 Å². The number of nitrogens with zero attached hydrogens (tertiary/aromatic N) is 2. The number of rotatable bonds is 3. The van der Waals surface area contributed by atoms with E-state index in [0.717, 1.165) is 24.8 Å². The number of fused-ring (bicyclic) bond motifs is 1. The van der Waals surface area contributed by atoms with E-state index in [-0.39, 0.29) is 16.6 Å². The van der Waals surface area contributed by atoms with E-state index >= 15 is 0 Å². The van der Waals surface area contributed by atoms with Gasteiger partial charge in [-0.05, 0) is 36.5 Å². The molecule has 24 heavy (non-hydrogen) atoms. The van der Waals surface area contributed by atoms with Crippen LogP contribution < -0.4 is 10.4 Å². The number of imidazole rings is 1. The number of aromatic nitrogens is 2. The zero-order valence-electron chi connectivity index (χ0n) is 14.6. The summed E-state index contributed by atoms with van der Waals surface area (Å²) < 4.78 is 31.5. The lowest BCUT2D eigenvalue weighted by atomic mass is 9.78. The number of sulfonamides is 1. The van der Waals surface area contributed by atoms with Gasteiger partial charge in [-0.15, -0.1) is 0 Å². The molecule has 1 N–H and O–H groups in total. The Labute approximate surface area is 142 Å². The van der Waals surface area contributed by atoms with Crippen molar-refractivity contribution in [2.45, 2.75) is 44.0 Å². The lowest BCUT2D eigenvalue weighted by molar-refractivity contribution is 0.227. The van der Waals surface area contributed by atoms with Crippen molar-refractivity contribution in [1.29, 1.82) is 0 Å². The highest BCUT2D eigenvalue weighted by molar-refractivity contribution is 7.89. The molecule has 132 valence electrons. The second-order valence-electron chi connectivity index (χ2n) is 7.05. The zero-order valence-corrected chi connectivity index (χ0v) is 15.4. The molecule has 2 aromatic rings. The summed E-state index contributed by atoms with van der Waals surface area (Å²) in [6.07, 6.45) is 3.07. The summed E-state index contributed by atoms with van der Waals surface area (Å²) in [6.45, 7) is 4.29. The minimum absolute atomic E-state index is 0.0333. The largest absolute Gasteiger partial charge is 0.328 e. The second kappa shape index (κ2) is 6.04. The van der Waals surface area contributed by atoms with Gasteiger partial charge in [-0.25, -0.2) is 17.9 Å². The van der Waals surface area contributed by atoms with E-state index in [2.05, 4.69) is 18.6 Å². The first-order chi connectivity index (χ1) is 11.2. The quantitative estimate of drug-likeness (QED) is 0.919. The van der Waals surface area contributed by atoms with Crippen LogP contribution in [0.4, 0.5) is 0 Å². The number of aryl methyl sites for hydroxylation is 2. The average molecular weight is 351 g/mol. The highest BCUT2D eigenvalue weighted by Gasteiger charge is 2.31. The van der Waals surface area contributed by atoms with E-state index in [1.54, 1.807) is 32.3 Å². The van der Waals surface area contributed by atoms with Crippen LogP contribution in [-0.4, -0.2) is 23.6 Å². The highest BCUT2D eigenvalue weighted by atomic mass is 32.2. The van der Waals surface area contributed by atoms with Crippen molar-refractivity contribution in [2.24, 2.45) is 25.9 Å². The van der Waals surface area contributed by atoms with E-state index < -0.39 is 10.0 Å². The fourth-order valence-electron chi connectivity index (χ4n) is 3.67. The molecule has 0 amide bonds. The molecule has 0 spiro atoms. The van der Waals surface area contributed by atoms with Gasteiger partial charge >= 0.3 is 5.69 Å². The summed E-state index contributed by atoms with van der Waals surface area (Å²) in [5.41, 5.74) is 1.18. The van der Waals surface area contributed by atoms with Gasteiger partial charge < -0.3 is 0 Å². The lowest BCUT2D eigenvalue weighted by Gasteiger charge is -2.34. The molecule has 1 fully saturated rings. The predicted octanol–water partition coefficient (Wildman–Crippen LogP) is 1.98. The minimum atomic E-state index is -3.60. The van der Waals surface area contributed by atoms with Crippen LogP contribution in [0.2, 0.25) is 0 Å². The molecule has 3 atom stereocenters. The smallest absolute Gasteiger partial charge is 0.295 e. The predicted molar refractivity (Wildman–Crippen MR) is 94.4 cm³/mol. The molecule has 3 rings (SSSR count). The molecule has 1 aromatic carbocycles. The fourth-order valence-corrected chi connectivity index (χ4v) is 5.05.